The van der Waals surface area contributed by atoms with Crippen LogP contribution in [-0.4, -0.2) is 26.4 Å². The van der Waals surface area contributed by atoms with Crippen LogP contribution >= 0.6 is 0 Å². The van der Waals surface area contributed by atoms with Crippen LogP contribution in [0.4, 0.5) is 0 Å². The number of H-pyrrole nitrogens is 1. The maximum Gasteiger partial charge on any atom is 0.224 e. The summed E-state index contributed by atoms with van der Waals surface area (Å²) in [5.74, 6) is 7.88. The van der Waals surface area contributed by atoms with E-state index in [0.29, 0.717) is 0 Å². The fourth-order valence-electron chi connectivity index (χ4n) is 1.63. The van der Waals surface area contributed by atoms with Gasteiger partial charge in [0.2, 0.25) is 5.84 Å². The summed E-state index contributed by atoms with van der Waals surface area (Å²) in [6.07, 6.45) is 5.42. The summed E-state index contributed by atoms with van der Waals surface area (Å²) >= 11 is 0. The second-order valence-electron chi connectivity index (χ2n) is 4.04. The summed E-state index contributed by atoms with van der Waals surface area (Å²) in [6.45, 7) is 6.08. The predicted octanol–water partition coefficient (Wildman–Crippen LogP) is 1.24. The Bertz CT molecular complexity index is 415. The quantitative estimate of drug-likeness (QED) is 0.564. The first-order valence-corrected chi connectivity index (χ1v) is 4.99. The minimum absolute atomic E-state index is 0.260. The molecule has 1 unspecified atom stereocenters. The number of hydrogen-bond acceptors (Lipinski definition) is 3. The molecule has 1 aromatic rings. The second-order valence-corrected chi connectivity index (χ2v) is 4.04. The Morgan fingerprint density at radius 1 is 1.47 bits per heavy atom. The molecule has 0 amide bonds. The summed E-state index contributed by atoms with van der Waals surface area (Å²) < 4.78 is 0.260. The lowest BCUT2D eigenvalue weighted by Gasteiger charge is -2.28. The van der Waals surface area contributed by atoms with E-state index in [1.165, 1.54) is 0 Å². The lowest BCUT2D eigenvalue weighted by Crippen LogP contribution is -2.56. The topological polar surface area (TPSA) is 67.1 Å². The van der Waals surface area contributed by atoms with Crippen molar-refractivity contribution in [2.45, 2.75) is 26.8 Å². The normalized spacial score (nSPS) is 25.7. The molecule has 2 rings (SSSR count). The number of nitrogens with zero attached hydrogens (tertiary/aromatic N) is 3. The average Bonchev–Trinajstić information content (AvgIpc) is 2.75. The molecule has 80 valence electrons. The molecule has 0 fully saturated rings. The first-order chi connectivity index (χ1) is 7.04. The lowest BCUT2D eigenvalue weighted by molar-refractivity contribution is -0.822. The molecule has 0 bridgehead atoms. The van der Waals surface area contributed by atoms with Gasteiger partial charge in [0.1, 0.15) is 6.04 Å². The van der Waals surface area contributed by atoms with E-state index in [9.17, 15) is 0 Å². The van der Waals surface area contributed by atoms with E-state index in [1.807, 2.05) is 13.1 Å². The molecule has 0 spiro atoms. The zero-order chi connectivity index (χ0) is 11.1. The van der Waals surface area contributed by atoms with Crippen LogP contribution in [0.3, 0.4) is 0 Å². The van der Waals surface area contributed by atoms with Crippen LogP contribution in [0.25, 0.3) is 5.70 Å². The molecule has 3 N–H and O–H groups in total. The summed E-state index contributed by atoms with van der Waals surface area (Å²) in [5.41, 5.74) is 0.814. The van der Waals surface area contributed by atoms with E-state index >= 15 is 0 Å². The third-order valence-corrected chi connectivity index (χ3v) is 2.77. The fourth-order valence-corrected chi connectivity index (χ4v) is 1.63. The van der Waals surface area contributed by atoms with Crippen LogP contribution in [0.15, 0.2) is 23.6 Å². The standard InChI is InChI=1S/C10H16N5/c1-7(2)15(11)6-9(14-8(15)3)10-12-4-5-13-10/h4-7H,11H2,1-3H3,(H,12,13)/q+1. The highest BCUT2D eigenvalue weighted by molar-refractivity contribution is 5.84. The lowest BCUT2D eigenvalue weighted by atomic mass is 10.3. The molecule has 5 nitrogen and oxygen atoms in total. The van der Waals surface area contributed by atoms with Crippen LogP contribution in [0.1, 0.15) is 26.6 Å². The summed E-state index contributed by atoms with van der Waals surface area (Å²) in [4.78, 5) is 11.6. The molecule has 1 aliphatic rings. The molecule has 1 atom stereocenters. The zero-order valence-electron chi connectivity index (χ0n) is 9.23. The third kappa shape index (κ3) is 1.49. The van der Waals surface area contributed by atoms with Crippen molar-refractivity contribution >= 4 is 11.5 Å². The van der Waals surface area contributed by atoms with E-state index in [-0.39, 0.29) is 10.6 Å². The Labute approximate surface area is 88.9 Å². The zero-order valence-corrected chi connectivity index (χ0v) is 9.23. The van der Waals surface area contributed by atoms with Gasteiger partial charge >= 0.3 is 0 Å². The predicted molar refractivity (Wildman–Crippen MR) is 59.3 cm³/mol. The van der Waals surface area contributed by atoms with Crippen molar-refractivity contribution in [2.75, 3.05) is 0 Å². The smallest absolute Gasteiger partial charge is 0.224 e. The van der Waals surface area contributed by atoms with Crippen molar-refractivity contribution in [1.82, 2.24) is 9.97 Å². The van der Waals surface area contributed by atoms with Crippen molar-refractivity contribution in [1.29, 1.82) is 0 Å². The molecular formula is C10H16N5+. The van der Waals surface area contributed by atoms with Crippen LogP contribution in [-0.2, 0) is 0 Å². The number of aromatic amines is 1. The average molecular weight is 206 g/mol. The number of rotatable bonds is 2. The maximum absolute atomic E-state index is 6.23. The number of quaternary nitrogens is 1. The van der Waals surface area contributed by atoms with Gasteiger partial charge in [0.25, 0.3) is 0 Å². The number of aliphatic imine (C=N–C) groups is 1. The number of nitrogens with two attached hydrogens (primary N) is 1. The number of nitrogens with one attached hydrogen (secondary N) is 1. The highest BCUT2D eigenvalue weighted by Crippen LogP contribution is 2.25. The monoisotopic (exact) mass is 206 g/mol. The second kappa shape index (κ2) is 3.29. The van der Waals surface area contributed by atoms with E-state index in [1.54, 1.807) is 12.4 Å². The van der Waals surface area contributed by atoms with Gasteiger partial charge in [-0.25, -0.2) is 4.98 Å². The van der Waals surface area contributed by atoms with Crippen molar-refractivity contribution in [3.63, 3.8) is 0 Å². The van der Waals surface area contributed by atoms with Gasteiger partial charge in [-0.15, -0.1) is 0 Å². The Kier molecular flexibility index (Phi) is 2.21. The Morgan fingerprint density at radius 3 is 2.67 bits per heavy atom. The van der Waals surface area contributed by atoms with Gasteiger partial charge in [0, 0.05) is 19.3 Å². The highest BCUT2D eigenvalue weighted by atomic mass is 15.6. The van der Waals surface area contributed by atoms with Crippen LogP contribution < -0.4 is 5.84 Å². The Hall–Kier alpha value is -1.46. The molecule has 0 aromatic carbocycles. The van der Waals surface area contributed by atoms with Crippen molar-refractivity contribution in [3.8, 4) is 0 Å². The fraction of sp³-hybridized carbons (Fsp3) is 0.400. The first-order valence-electron chi connectivity index (χ1n) is 4.99. The Morgan fingerprint density at radius 2 is 2.20 bits per heavy atom. The molecule has 1 aliphatic heterocycles. The molecule has 0 radical (unpaired) electrons. The van der Waals surface area contributed by atoms with Crippen LogP contribution in [0.5, 0.6) is 0 Å². The van der Waals surface area contributed by atoms with E-state index < -0.39 is 0 Å². The van der Waals surface area contributed by atoms with Crippen LogP contribution in [0.2, 0.25) is 0 Å². The van der Waals surface area contributed by atoms with Gasteiger partial charge in [-0.05, 0) is 13.8 Å². The first kappa shape index (κ1) is 10.1. The number of amidine groups is 1. The molecule has 0 saturated carbocycles. The third-order valence-electron chi connectivity index (χ3n) is 2.77. The van der Waals surface area contributed by atoms with Gasteiger partial charge in [-0.3, -0.25) is 0 Å². The SMILES string of the molecule is CC1=NC(c2ncc[nH]2)=C[N+]1(N)C(C)C. The Balaban J connectivity index is 2.40. The molecular weight excluding hydrogens is 190 g/mol. The molecule has 15 heavy (non-hydrogen) atoms. The highest BCUT2D eigenvalue weighted by Gasteiger charge is 2.36. The van der Waals surface area contributed by atoms with E-state index in [2.05, 4.69) is 28.8 Å². The maximum atomic E-state index is 6.23. The molecule has 0 saturated heterocycles. The van der Waals surface area contributed by atoms with E-state index in [0.717, 1.165) is 17.4 Å². The minimum Gasteiger partial charge on any atom is -0.343 e. The number of hydrogen-bond donors (Lipinski definition) is 2. The van der Waals surface area contributed by atoms with Gasteiger partial charge in [-0.2, -0.15) is 15.4 Å². The van der Waals surface area contributed by atoms with E-state index in [4.69, 9.17) is 5.84 Å². The molecule has 5 heteroatoms. The summed E-state index contributed by atoms with van der Waals surface area (Å²) in [6, 6.07) is 0.265. The minimum atomic E-state index is 0.260. The van der Waals surface area contributed by atoms with Crippen LogP contribution in [0, 0.1) is 0 Å². The van der Waals surface area contributed by atoms with Gasteiger partial charge < -0.3 is 4.98 Å². The number of aromatic nitrogens is 2. The van der Waals surface area contributed by atoms with Crippen molar-refractivity contribution in [2.24, 2.45) is 10.8 Å². The van der Waals surface area contributed by atoms with Gasteiger partial charge in [0.05, 0.1) is 0 Å². The summed E-state index contributed by atoms with van der Waals surface area (Å²) in [5, 5.41) is 0. The van der Waals surface area contributed by atoms with Crippen molar-refractivity contribution in [3.05, 3.63) is 24.4 Å². The molecule has 1 aromatic heterocycles. The molecule has 0 aliphatic carbocycles. The summed E-state index contributed by atoms with van der Waals surface area (Å²) in [7, 11) is 0. The number of imidazole rings is 1. The van der Waals surface area contributed by atoms with Gasteiger partial charge in [0.15, 0.2) is 17.7 Å². The van der Waals surface area contributed by atoms with Crippen molar-refractivity contribution < 1.29 is 4.59 Å². The largest absolute Gasteiger partial charge is 0.343 e. The molecule has 2 heterocycles. The van der Waals surface area contributed by atoms with Gasteiger partial charge in [-0.1, -0.05) is 0 Å².